The molecule has 1 saturated heterocycles. The van der Waals surface area contributed by atoms with Gasteiger partial charge in [0.2, 0.25) is 0 Å². The molecule has 0 aromatic rings. The Hall–Kier alpha value is -0.110. The van der Waals surface area contributed by atoms with Crippen molar-refractivity contribution in [2.45, 2.75) is 39.7 Å². The van der Waals surface area contributed by atoms with Gasteiger partial charge in [0.1, 0.15) is 0 Å². The Bertz CT molecular complexity index is 147. The van der Waals surface area contributed by atoms with E-state index in [1.165, 1.54) is 13.0 Å². The van der Waals surface area contributed by atoms with Crippen LogP contribution in [0.1, 0.15) is 33.6 Å². The number of likely N-dealkylation sites (tertiary alicyclic amines) is 1. The first-order valence-corrected chi connectivity index (χ1v) is 5.45. The Morgan fingerprint density at radius 1 is 1.46 bits per heavy atom. The van der Waals surface area contributed by atoms with Gasteiger partial charge in [-0.05, 0) is 24.7 Å². The minimum Gasteiger partial charge on any atom is -0.300 e. The fourth-order valence-electron chi connectivity index (χ4n) is 2.39. The summed E-state index contributed by atoms with van der Waals surface area (Å²) in [6.07, 6.45) is 2.00. The van der Waals surface area contributed by atoms with Crippen molar-refractivity contribution in [3.8, 4) is 0 Å². The van der Waals surface area contributed by atoms with E-state index in [0.29, 0.717) is 18.4 Å². The van der Waals surface area contributed by atoms with E-state index in [4.69, 9.17) is 0 Å². The molecule has 0 amide bonds. The molecule has 1 heterocycles. The molecule has 1 fully saturated rings. The second-order valence-corrected chi connectivity index (χ2v) is 4.69. The van der Waals surface area contributed by atoms with Crippen molar-refractivity contribution in [1.82, 2.24) is 4.90 Å². The summed E-state index contributed by atoms with van der Waals surface area (Å²) in [7, 11) is 0. The summed E-state index contributed by atoms with van der Waals surface area (Å²) in [6, 6.07) is 0.696. The van der Waals surface area contributed by atoms with Crippen LogP contribution in [0.5, 0.6) is 0 Å². The van der Waals surface area contributed by atoms with Crippen LogP contribution in [0.4, 0.5) is 4.39 Å². The van der Waals surface area contributed by atoms with E-state index in [-0.39, 0.29) is 6.67 Å². The lowest BCUT2D eigenvalue weighted by Crippen LogP contribution is -2.34. The number of halogens is 1. The first kappa shape index (κ1) is 11.0. The topological polar surface area (TPSA) is 3.24 Å². The minimum atomic E-state index is -0.171. The third-order valence-electron chi connectivity index (χ3n) is 3.01. The summed E-state index contributed by atoms with van der Waals surface area (Å²) in [4.78, 5) is 2.47. The van der Waals surface area contributed by atoms with Crippen molar-refractivity contribution < 1.29 is 4.39 Å². The predicted octanol–water partition coefficient (Wildman–Crippen LogP) is 2.71. The van der Waals surface area contributed by atoms with Gasteiger partial charge in [-0.3, -0.25) is 9.29 Å². The monoisotopic (exact) mass is 187 g/mol. The number of rotatable bonds is 4. The first-order valence-electron chi connectivity index (χ1n) is 5.45. The molecule has 78 valence electrons. The van der Waals surface area contributed by atoms with Crippen molar-refractivity contribution in [3.05, 3.63) is 0 Å². The van der Waals surface area contributed by atoms with Crippen LogP contribution in [0.2, 0.25) is 0 Å². The quantitative estimate of drug-likeness (QED) is 0.654. The summed E-state index contributed by atoms with van der Waals surface area (Å²) in [5, 5.41) is 0. The summed E-state index contributed by atoms with van der Waals surface area (Å²) in [6.45, 7) is 8.78. The van der Waals surface area contributed by atoms with Crippen LogP contribution in [0.15, 0.2) is 0 Å². The largest absolute Gasteiger partial charge is 0.300 e. The van der Waals surface area contributed by atoms with Gasteiger partial charge >= 0.3 is 0 Å². The third-order valence-corrected chi connectivity index (χ3v) is 3.01. The van der Waals surface area contributed by atoms with Gasteiger partial charge in [0, 0.05) is 19.1 Å². The minimum absolute atomic E-state index is 0.171. The highest BCUT2D eigenvalue weighted by molar-refractivity contribution is 4.84. The summed E-state index contributed by atoms with van der Waals surface area (Å²) < 4.78 is 12.0. The Kier molecular flexibility index (Phi) is 4.17. The smallest absolute Gasteiger partial charge is 0.0906 e. The maximum absolute atomic E-state index is 12.0. The number of alkyl halides is 1. The van der Waals surface area contributed by atoms with Gasteiger partial charge in [0.05, 0.1) is 6.67 Å². The van der Waals surface area contributed by atoms with Crippen LogP contribution in [0.25, 0.3) is 0 Å². The molecule has 0 N–H and O–H groups in total. The van der Waals surface area contributed by atoms with Gasteiger partial charge in [-0.25, -0.2) is 0 Å². The van der Waals surface area contributed by atoms with E-state index in [0.717, 1.165) is 12.5 Å². The van der Waals surface area contributed by atoms with Gasteiger partial charge < -0.3 is 0 Å². The van der Waals surface area contributed by atoms with E-state index >= 15 is 0 Å². The molecule has 0 radical (unpaired) electrons. The summed E-state index contributed by atoms with van der Waals surface area (Å²) in [5.74, 6) is 1.51. The van der Waals surface area contributed by atoms with Gasteiger partial charge in [-0.1, -0.05) is 20.8 Å². The zero-order chi connectivity index (χ0) is 9.84. The van der Waals surface area contributed by atoms with Crippen molar-refractivity contribution >= 4 is 0 Å². The molecular formula is C11H22FN. The number of hydrogen-bond donors (Lipinski definition) is 0. The van der Waals surface area contributed by atoms with Gasteiger partial charge in [0.25, 0.3) is 0 Å². The normalized spacial score (nSPS) is 30.2. The number of hydrogen-bond acceptors (Lipinski definition) is 1. The highest BCUT2D eigenvalue weighted by Gasteiger charge is 2.30. The average molecular weight is 187 g/mol. The van der Waals surface area contributed by atoms with Gasteiger partial charge in [0.15, 0.2) is 0 Å². The summed E-state index contributed by atoms with van der Waals surface area (Å²) >= 11 is 0. The van der Waals surface area contributed by atoms with E-state index in [9.17, 15) is 4.39 Å². The van der Waals surface area contributed by atoms with Crippen LogP contribution in [-0.2, 0) is 0 Å². The van der Waals surface area contributed by atoms with Crippen molar-refractivity contribution in [3.63, 3.8) is 0 Å². The SMILES string of the molecule is CC(C)C1C[C@@H](C)CN1CCCF. The van der Waals surface area contributed by atoms with Crippen molar-refractivity contribution in [1.29, 1.82) is 0 Å². The molecule has 0 spiro atoms. The molecule has 1 unspecified atom stereocenters. The predicted molar refractivity (Wildman–Crippen MR) is 54.6 cm³/mol. The van der Waals surface area contributed by atoms with E-state index in [1.807, 2.05) is 0 Å². The molecule has 0 bridgehead atoms. The molecule has 0 saturated carbocycles. The molecule has 1 nitrogen and oxygen atoms in total. The van der Waals surface area contributed by atoms with Gasteiger partial charge in [-0.15, -0.1) is 0 Å². The van der Waals surface area contributed by atoms with Crippen molar-refractivity contribution in [2.75, 3.05) is 19.8 Å². The molecule has 2 atom stereocenters. The Balaban J connectivity index is 2.41. The first-order chi connectivity index (χ1) is 6.15. The molecule has 2 heteroatoms. The summed E-state index contributed by atoms with van der Waals surface area (Å²) in [5.41, 5.74) is 0. The molecule has 1 aliphatic heterocycles. The third kappa shape index (κ3) is 2.94. The maximum atomic E-state index is 12.0. The highest BCUT2D eigenvalue weighted by Crippen LogP contribution is 2.27. The molecule has 0 aliphatic carbocycles. The van der Waals surface area contributed by atoms with Crippen LogP contribution >= 0.6 is 0 Å². The lowest BCUT2D eigenvalue weighted by atomic mass is 9.98. The lowest BCUT2D eigenvalue weighted by Gasteiger charge is -2.26. The maximum Gasteiger partial charge on any atom is 0.0906 e. The van der Waals surface area contributed by atoms with E-state index in [1.54, 1.807) is 0 Å². The second kappa shape index (κ2) is 4.94. The second-order valence-electron chi connectivity index (χ2n) is 4.69. The fourth-order valence-corrected chi connectivity index (χ4v) is 2.39. The molecule has 0 aromatic carbocycles. The fraction of sp³-hybridized carbons (Fsp3) is 1.00. The molecule has 1 rings (SSSR count). The standard InChI is InChI=1S/C11H22FN/c1-9(2)11-7-10(3)8-13(11)6-4-5-12/h9-11H,4-8H2,1-3H3/t10-,11?/m1/s1. The molecular weight excluding hydrogens is 165 g/mol. The Labute approximate surface area is 81.3 Å². The molecule has 13 heavy (non-hydrogen) atoms. The Morgan fingerprint density at radius 3 is 2.69 bits per heavy atom. The van der Waals surface area contributed by atoms with Crippen LogP contribution in [0, 0.1) is 11.8 Å². The number of nitrogens with zero attached hydrogens (tertiary/aromatic N) is 1. The highest BCUT2D eigenvalue weighted by atomic mass is 19.1. The van der Waals surface area contributed by atoms with E-state index in [2.05, 4.69) is 25.7 Å². The van der Waals surface area contributed by atoms with E-state index < -0.39 is 0 Å². The van der Waals surface area contributed by atoms with Crippen LogP contribution in [-0.4, -0.2) is 30.7 Å². The molecule has 1 aliphatic rings. The van der Waals surface area contributed by atoms with Crippen LogP contribution in [0.3, 0.4) is 0 Å². The van der Waals surface area contributed by atoms with Crippen molar-refractivity contribution in [2.24, 2.45) is 11.8 Å². The molecule has 0 aromatic heterocycles. The zero-order valence-corrected chi connectivity index (χ0v) is 9.09. The van der Waals surface area contributed by atoms with Gasteiger partial charge in [-0.2, -0.15) is 0 Å². The Morgan fingerprint density at radius 2 is 2.15 bits per heavy atom. The van der Waals surface area contributed by atoms with Crippen LogP contribution < -0.4 is 0 Å². The zero-order valence-electron chi connectivity index (χ0n) is 9.09. The average Bonchev–Trinajstić information content (AvgIpc) is 2.43. The lowest BCUT2D eigenvalue weighted by molar-refractivity contribution is 0.197.